The van der Waals surface area contributed by atoms with Crippen molar-refractivity contribution in [3.63, 3.8) is 0 Å². The molecule has 1 fully saturated rings. The summed E-state index contributed by atoms with van der Waals surface area (Å²) in [5, 5.41) is 6.01. The van der Waals surface area contributed by atoms with Gasteiger partial charge in [0.05, 0.1) is 11.6 Å². The Morgan fingerprint density at radius 2 is 1.67 bits per heavy atom. The minimum Gasteiger partial charge on any atom is -0.320 e. The number of hydrogen-bond donors (Lipinski definition) is 2. The fraction of sp³-hybridized carbons (Fsp3) is 0.167. The lowest BCUT2D eigenvalue weighted by atomic mass is 10.1. The van der Waals surface area contributed by atoms with E-state index in [2.05, 4.69) is 10.6 Å². The van der Waals surface area contributed by atoms with Gasteiger partial charge in [-0.3, -0.25) is 4.90 Å². The lowest BCUT2D eigenvalue weighted by Gasteiger charge is -2.35. The predicted molar refractivity (Wildman–Crippen MR) is 130 cm³/mol. The van der Waals surface area contributed by atoms with Gasteiger partial charge in [0.1, 0.15) is 5.82 Å². The van der Waals surface area contributed by atoms with Gasteiger partial charge in [-0.15, -0.1) is 0 Å². The van der Waals surface area contributed by atoms with E-state index in [0.717, 1.165) is 6.42 Å². The molecule has 2 N–H and O–H groups in total. The van der Waals surface area contributed by atoms with Crippen LogP contribution in [0.3, 0.4) is 0 Å². The monoisotopic (exact) mass is 486 g/mol. The van der Waals surface area contributed by atoms with Crippen molar-refractivity contribution in [3.05, 3.63) is 88.2 Å². The van der Waals surface area contributed by atoms with Gasteiger partial charge >= 0.3 is 12.1 Å². The van der Waals surface area contributed by atoms with Crippen LogP contribution in [0.15, 0.2) is 66.7 Å². The van der Waals surface area contributed by atoms with Gasteiger partial charge in [-0.1, -0.05) is 41.4 Å². The van der Waals surface area contributed by atoms with Crippen molar-refractivity contribution >= 4 is 52.3 Å². The van der Waals surface area contributed by atoms with Crippen LogP contribution in [0, 0.1) is 5.82 Å². The lowest BCUT2D eigenvalue weighted by molar-refractivity contribution is 0.192. The van der Waals surface area contributed by atoms with Crippen LogP contribution in [0.25, 0.3) is 0 Å². The fourth-order valence-corrected chi connectivity index (χ4v) is 4.01. The van der Waals surface area contributed by atoms with Crippen molar-refractivity contribution in [1.29, 1.82) is 0 Å². The molecule has 1 saturated heterocycles. The Balaban J connectivity index is 1.40. The summed E-state index contributed by atoms with van der Waals surface area (Å²) in [7, 11) is 0. The molecule has 0 aliphatic carbocycles. The smallest absolute Gasteiger partial charge is 0.320 e. The largest absolute Gasteiger partial charge is 0.324 e. The van der Waals surface area contributed by atoms with E-state index in [9.17, 15) is 14.0 Å². The van der Waals surface area contributed by atoms with E-state index in [1.165, 1.54) is 6.07 Å². The highest BCUT2D eigenvalue weighted by Gasteiger charge is 2.27. The Hall–Kier alpha value is -3.29. The van der Waals surface area contributed by atoms with Crippen LogP contribution in [0.4, 0.5) is 31.0 Å². The molecule has 0 bridgehead atoms. The third-order valence-electron chi connectivity index (χ3n) is 5.22. The summed E-state index contributed by atoms with van der Waals surface area (Å²) >= 11 is 11.8. The summed E-state index contributed by atoms with van der Waals surface area (Å²) < 4.78 is 14.3. The third kappa shape index (κ3) is 5.56. The molecule has 1 heterocycles. The van der Waals surface area contributed by atoms with Gasteiger partial charge in [0.25, 0.3) is 0 Å². The van der Waals surface area contributed by atoms with Crippen molar-refractivity contribution in [3.8, 4) is 0 Å². The molecule has 6 nitrogen and oxygen atoms in total. The summed E-state index contributed by atoms with van der Waals surface area (Å²) in [5.41, 5.74) is 2.22. The van der Waals surface area contributed by atoms with E-state index in [1.54, 1.807) is 70.5 Å². The average Bonchev–Trinajstić information content (AvgIpc) is 2.79. The molecule has 4 rings (SSSR count). The zero-order chi connectivity index (χ0) is 23.4. The number of hydrogen-bond acceptors (Lipinski definition) is 2. The van der Waals surface area contributed by atoms with Crippen LogP contribution in [0.5, 0.6) is 0 Å². The molecule has 9 heteroatoms. The van der Waals surface area contributed by atoms with Crippen LogP contribution >= 0.6 is 23.2 Å². The van der Waals surface area contributed by atoms with Gasteiger partial charge in [-0.05, 0) is 55.0 Å². The third-order valence-corrected chi connectivity index (χ3v) is 5.75. The number of nitrogens with one attached hydrogen (secondary N) is 2. The number of benzene rings is 3. The molecule has 0 atom stereocenters. The van der Waals surface area contributed by atoms with E-state index in [1.807, 2.05) is 0 Å². The van der Waals surface area contributed by atoms with Gasteiger partial charge in [0.15, 0.2) is 0 Å². The van der Waals surface area contributed by atoms with Crippen LogP contribution < -0.4 is 15.5 Å². The molecular weight excluding hydrogens is 466 g/mol. The maximum atomic E-state index is 14.3. The molecule has 4 amide bonds. The minimum atomic E-state index is -0.504. The quantitative estimate of drug-likeness (QED) is 0.426. The highest BCUT2D eigenvalue weighted by atomic mass is 35.5. The van der Waals surface area contributed by atoms with E-state index >= 15 is 0 Å². The Kier molecular flexibility index (Phi) is 7.01. The number of anilines is 3. The summed E-state index contributed by atoms with van der Waals surface area (Å²) in [5.74, 6) is -0.504. The van der Waals surface area contributed by atoms with Gasteiger partial charge in [0.2, 0.25) is 0 Å². The first-order valence-corrected chi connectivity index (χ1v) is 11.1. The lowest BCUT2D eigenvalue weighted by Crippen LogP contribution is -2.49. The molecule has 170 valence electrons. The first-order chi connectivity index (χ1) is 15.9. The van der Waals surface area contributed by atoms with E-state index in [4.69, 9.17) is 23.2 Å². The van der Waals surface area contributed by atoms with Gasteiger partial charge in [0, 0.05) is 40.7 Å². The highest BCUT2D eigenvalue weighted by Crippen LogP contribution is 2.25. The van der Waals surface area contributed by atoms with Crippen molar-refractivity contribution in [1.82, 2.24) is 4.90 Å². The maximum absolute atomic E-state index is 14.3. The van der Waals surface area contributed by atoms with Crippen LogP contribution in [0.1, 0.15) is 12.0 Å². The molecule has 0 saturated carbocycles. The molecular formula is C24H21Cl2FN4O2. The van der Waals surface area contributed by atoms with Crippen LogP contribution in [0.2, 0.25) is 10.0 Å². The molecule has 1 aliphatic rings. The summed E-state index contributed by atoms with van der Waals surface area (Å²) in [6.45, 7) is 1.23. The van der Waals surface area contributed by atoms with E-state index in [0.29, 0.717) is 40.7 Å². The molecule has 0 spiro atoms. The maximum Gasteiger partial charge on any atom is 0.324 e. The van der Waals surface area contributed by atoms with Crippen molar-refractivity contribution in [2.24, 2.45) is 0 Å². The number of carbonyl (C=O) groups excluding carboxylic acids is 2. The summed E-state index contributed by atoms with van der Waals surface area (Å²) in [4.78, 5) is 28.5. The van der Waals surface area contributed by atoms with Crippen LogP contribution in [-0.4, -0.2) is 30.1 Å². The van der Waals surface area contributed by atoms with Gasteiger partial charge in [-0.25, -0.2) is 14.0 Å². The Labute approximate surface area is 200 Å². The Morgan fingerprint density at radius 1 is 0.939 bits per heavy atom. The Morgan fingerprint density at radius 3 is 2.42 bits per heavy atom. The van der Waals surface area contributed by atoms with Crippen LogP contribution in [-0.2, 0) is 6.54 Å². The Bertz CT molecular complexity index is 1170. The second kappa shape index (κ2) is 10.1. The number of amides is 4. The highest BCUT2D eigenvalue weighted by molar-refractivity contribution is 6.31. The van der Waals surface area contributed by atoms with Gasteiger partial charge < -0.3 is 15.5 Å². The van der Waals surface area contributed by atoms with Crippen molar-refractivity contribution in [2.45, 2.75) is 13.0 Å². The van der Waals surface area contributed by atoms with Crippen molar-refractivity contribution < 1.29 is 14.0 Å². The molecule has 0 radical (unpaired) electrons. The normalized spacial score (nSPS) is 13.7. The van der Waals surface area contributed by atoms with E-state index in [-0.39, 0.29) is 17.6 Å². The molecule has 0 aromatic heterocycles. The fourth-order valence-electron chi connectivity index (χ4n) is 3.63. The molecule has 3 aromatic carbocycles. The number of carbonyl (C=O) groups is 2. The van der Waals surface area contributed by atoms with E-state index < -0.39 is 11.8 Å². The summed E-state index contributed by atoms with van der Waals surface area (Å²) in [6.07, 6.45) is 0.746. The molecule has 0 unspecified atom stereocenters. The van der Waals surface area contributed by atoms with Gasteiger partial charge in [-0.2, -0.15) is 0 Å². The standard InChI is InChI=1S/C24H21Cl2FN4O2/c25-17-5-2-6-19(14-17)29-23(32)28-18-8-10-20(11-9-18)31-13-3-12-30(24(31)33)15-16-4-1-7-21(26)22(16)27/h1-2,4-11,14H,3,12-13,15H2,(H2,28,29,32). The molecule has 1 aliphatic heterocycles. The van der Waals surface area contributed by atoms with Crippen molar-refractivity contribution in [2.75, 3.05) is 28.6 Å². The topological polar surface area (TPSA) is 64.7 Å². The first-order valence-electron chi connectivity index (χ1n) is 10.3. The predicted octanol–water partition coefficient (Wildman–Crippen LogP) is 6.61. The SMILES string of the molecule is O=C(Nc1ccc(N2CCCN(Cc3cccc(Cl)c3F)C2=O)cc1)Nc1cccc(Cl)c1. The minimum absolute atomic E-state index is 0.0382. The number of nitrogens with zero attached hydrogens (tertiary/aromatic N) is 2. The first kappa shape index (κ1) is 22.9. The number of halogens is 3. The number of rotatable bonds is 5. The second-order valence-corrected chi connectivity index (χ2v) is 8.40. The summed E-state index contributed by atoms with van der Waals surface area (Å²) in [6, 6.07) is 18.0. The second-order valence-electron chi connectivity index (χ2n) is 7.56. The molecule has 33 heavy (non-hydrogen) atoms. The molecule has 3 aromatic rings. The average molecular weight is 487 g/mol. The number of urea groups is 2. The zero-order valence-corrected chi connectivity index (χ0v) is 19.0. The zero-order valence-electron chi connectivity index (χ0n) is 17.5.